The standard InChI is InChI=1S/C20H28Cl2N2O2/c21-16-13-10-14-17(22)18(16)24-20(26)19(25)23-15-11-8-6-4-2-1-3-5-7-9-12-15/h10,13-15H,1-9,11-12H2,(H,23,25)(H,24,26). The first-order valence-electron chi connectivity index (χ1n) is 9.64. The lowest BCUT2D eigenvalue weighted by atomic mass is 9.98. The van der Waals surface area contributed by atoms with E-state index in [1.165, 1.54) is 44.9 Å². The first-order valence-corrected chi connectivity index (χ1v) is 10.4. The van der Waals surface area contributed by atoms with Crippen LogP contribution in [0.1, 0.15) is 70.6 Å². The van der Waals surface area contributed by atoms with E-state index in [0.717, 1.165) is 25.7 Å². The Kier molecular flexibility index (Phi) is 9.27. The van der Waals surface area contributed by atoms with Gasteiger partial charge in [-0.2, -0.15) is 0 Å². The van der Waals surface area contributed by atoms with E-state index < -0.39 is 11.8 Å². The molecule has 0 heterocycles. The molecule has 1 fully saturated rings. The van der Waals surface area contributed by atoms with Crippen molar-refractivity contribution in [3.63, 3.8) is 0 Å². The van der Waals surface area contributed by atoms with Crippen LogP contribution >= 0.6 is 23.2 Å². The highest BCUT2D eigenvalue weighted by atomic mass is 35.5. The van der Waals surface area contributed by atoms with Gasteiger partial charge in [0.15, 0.2) is 0 Å². The number of hydrogen-bond acceptors (Lipinski definition) is 2. The average Bonchev–Trinajstić information content (AvgIpc) is 2.60. The Morgan fingerprint density at radius 1 is 0.769 bits per heavy atom. The third-order valence-electron chi connectivity index (χ3n) is 4.85. The number of carbonyl (C=O) groups excluding carboxylic acids is 2. The molecular formula is C20H28Cl2N2O2. The lowest BCUT2D eigenvalue weighted by Gasteiger charge is -2.19. The van der Waals surface area contributed by atoms with Gasteiger partial charge in [-0.15, -0.1) is 0 Å². The predicted octanol–water partition coefficient (Wildman–Crippen LogP) is 5.72. The number of rotatable bonds is 2. The van der Waals surface area contributed by atoms with Crippen molar-refractivity contribution >= 4 is 40.7 Å². The molecule has 2 N–H and O–H groups in total. The maximum absolute atomic E-state index is 12.3. The van der Waals surface area contributed by atoms with Gasteiger partial charge in [0.25, 0.3) is 0 Å². The molecule has 0 aromatic heterocycles. The van der Waals surface area contributed by atoms with Crippen molar-refractivity contribution in [1.29, 1.82) is 0 Å². The van der Waals surface area contributed by atoms with Gasteiger partial charge in [0.2, 0.25) is 0 Å². The molecular weight excluding hydrogens is 371 g/mol. The Hall–Kier alpha value is -1.26. The summed E-state index contributed by atoms with van der Waals surface area (Å²) >= 11 is 12.1. The Morgan fingerprint density at radius 2 is 1.23 bits per heavy atom. The molecule has 1 aliphatic rings. The topological polar surface area (TPSA) is 58.2 Å². The molecule has 0 saturated heterocycles. The van der Waals surface area contributed by atoms with Crippen molar-refractivity contribution in [3.8, 4) is 0 Å². The van der Waals surface area contributed by atoms with Gasteiger partial charge in [-0.05, 0) is 25.0 Å². The second-order valence-electron chi connectivity index (χ2n) is 6.98. The fraction of sp³-hybridized carbons (Fsp3) is 0.600. The van der Waals surface area contributed by atoms with Gasteiger partial charge >= 0.3 is 11.8 Å². The van der Waals surface area contributed by atoms with Crippen LogP contribution in [0.3, 0.4) is 0 Å². The minimum absolute atomic E-state index is 0.0504. The minimum atomic E-state index is -0.730. The molecule has 144 valence electrons. The van der Waals surface area contributed by atoms with Crippen LogP contribution in [-0.4, -0.2) is 17.9 Å². The number of halogens is 2. The van der Waals surface area contributed by atoms with Gasteiger partial charge in [0.1, 0.15) is 0 Å². The Labute approximate surface area is 166 Å². The zero-order chi connectivity index (χ0) is 18.8. The highest BCUT2D eigenvalue weighted by Crippen LogP contribution is 2.29. The zero-order valence-corrected chi connectivity index (χ0v) is 16.7. The lowest BCUT2D eigenvalue weighted by molar-refractivity contribution is -0.136. The maximum atomic E-state index is 12.3. The summed E-state index contributed by atoms with van der Waals surface area (Å²) in [5, 5.41) is 6.03. The fourth-order valence-electron chi connectivity index (χ4n) is 3.35. The number of hydrogen-bond donors (Lipinski definition) is 2. The summed E-state index contributed by atoms with van der Waals surface area (Å²) in [5.74, 6) is -1.36. The van der Waals surface area contributed by atoms with E-state index in [0.29, 0.717) is 10.0 Å². The quantitative estimate of drug-likeness (QED) is 0.625. The minimum Gasteiger partial charge on any atom is -0.345 e. The molecule has 26 heavy (non-hydrogen) atoms. The van der Waals surface area contributed by atoms with Crippen LogP contribution in [0.5, 0.6) is 0 Å². The number of nitrogens with one attached hydrogen (secondary N) is 2. The van der Waals surface area contributed by atoms with E-state index in [9.17, 15) is 9.59 Å². The van der Waals surface area contributed by atoms with Crippen molar-refractivity contribution in [2.24, 2.45) is 0 Å². The van der Waals surface area contributed by atoms with Gasteiger partial charge in [-0.25, -0.2) is 0 Å². The summed E-state index contributed by atoms with van der Waals surface area (Å²) in [4.78, 5) is 24.5. The highest BCUT2D eigenvalue weighted by Gasteiger charge is 2.20. The molecule has 1 aromatic rings. The Morgan fingerprint density at radius 3 is 1.73 bits per heavy atom. The van der Waals surface area contributed by atoms with Gasteiger partial charge in [0, 0.05) is 6.04 Å². The number of para-hydroxylation sites is 1. The predicted molar refractivity (Wildman–Crippen MR) is 108 cm³/mol. The van der Waals surface area contributed by atoms with Gasteiger partial charge < -0.3 is 10.6 Å². The van der Waals surface area contributed by atoms with Crippen molar-refractivity contribution < 1.29 is 9.59 Å². The van der Waals surface area contributed by atoms with Gasteiger partial charge in [0.05, 0.1) is 15.7 Å². The normalized spacial score (nSPS) is 17.6. The molecule has 0 bridgehead atoms. The lowest BCUT2D eigenvalue weighted by Crippen LogP contribution is -2.42. The molecule has 0 atom stereocenters. The van der Waals surface area contributed by atoms with E-state index in [1.54, 1.807) is 18.2 Å². The average molecular weight is 399 g/mol. The molecule has 1 aliphatic carbocycles. The van der Waals surface area contributed by atoms with E-state index in [2.05, 4.69) is 10.6 Å². The molecule has 2 rings (SSSR count). The zero-order valence-electron chi connectivity index (χ0n) is 15.2. The third-order valence-corrected chi connectivity index (χ3v) is 5.48. The Bertz CT molecular complexity index is 575. The molecule has 2 amide bonds. The number of anilines is 1. The summed E-state index contributed by atoms with van der Waals surface area (Å²) in [6.45, 7) is 0. The molecule has 0 aliphatic heterocycles. The monoisotopic (exact) mass is 398 g/mol. The van der Waals surface area contributed by atoms with Gasteiger partial charge in [-0.1, -0.05) is 87.1 Å². The summed E-state index contributed by atoms with van der Waals surface area (Å²) in [6, 6.07) is 4.97. The van der Waals surface area contributed by atoms with Crippen LogP contribution in [0, 0.1) is 0 Å². The van der Waals surface area contributed by atoms with Crippen molar-refractivity contribution in [2.75, 3.05) is 5.32 Å². The van der Waals surface area contributed by atoms with Crippen LogP contribution < -0.4 is 10.6 Å². The van der Waals surface area contributed by atoms with Crippen LogP contribution in [0.15, 0.2) is 18.2 Å². The molecule has 0 radical (unpaired) electrons. The van der Waals surface area contributed by atoms with Crippen LogP contribution in [0.4, 0.5) is 5.69 Å². The first kappa shape index (κ1) is 21.0. The number of amides is 2. The third kappa shape index (κ3) is 7.16. The van der Waals surface area contributed by atoms with Crippen molar-refractivity contribution in [3.05, 3.63) is 28.2 Å². The molecule has 0 spiro atoms. The molecule has 1 saturated carbocycles. The molecule has 6 heteroatoms. The number of carbonyl (C=O) groups is 2. The van der Waals surface area contributed by atoms with Crippen LogP contribution in [-0.2, 0) is 9.59 Å². The molecule has 4 nitrogen and oxygen atoms in total. The molecule has 1 aromatic carbocycles. The van der Waals surface area contributed by atoms with E-state index in [-0.39, 0.29) is 11.7 Å². The van der Waals surface area contributed by atoms with E-state index >= 15 is 0 Å². The summed E-state index contributed by atoms with van der Waals surface area (Å²) < 4.78 is 0. The van der Waals surface area contributed by atoms with E-state index in [1.807, 2.05) is 0 Å². The first-order chi connectivity index (χ1) is 12.6. The highest BCUT2D eigenvalue weighted by molar-refractivity contribution is 6.44. The second-order valence-corrected chi connectivity index (χ2v) is 7.79. The smallest absolute Gasteiger partial charge is 0.313 e. The summed E-state index contributed by atoms with van der Waals surface area (Å²) in [6.07, 6.45) is 12.9. The molecule has 0 unspecified atom stereocenters. The number of benzene rings is 1. The van der Waals surface area contributed by atoms with Crippen LogP contribution in [0.2, 0.25) is 10.0 Å². The van der Waals surface area contributed by atoms with Crippen molar-refractivity contribution in [1.82, 2.24) is 5.32 Å². The largest absolute Gasteiger partial charge is 0.345 e. The van der Waals surface area contributed by atoms with Gasteiger partial charge in [-0.3, -0.25) is 9.59 Å². The fourth-order valence-corrected chi connectivity index (χ4v) is 3.84. The van der Waals surface area contributed by atoms with Crippen LogP contribution in [0.25, 0.3) is 0 Å². The summed E-state index contributed by atoms with van der Waals surface area (Å²) in [5.41, 5.74) is 0.273. The summed E-state index contributed by atoms with van der Waals surface area (Å²) in [7, 11) is 0. The van der Waals surface area contributed by atoms with E-state index in [4.69, 9.17) is 23.2 Å². The Balaban J connectivity index is 1.89. The second kappa shape index (κ2) is 11.5. The van der Waals surface area contributed by atoms with Crippen molar-refractivity contribution in [2.45, 2.75) is 76.7 Å². The maximum Gasteiger partial charge on any atom is 0.313 e. The SMILES string of the molecule is O=C(Nc1c(Cl)cccc1Cl)C(=O)NC1CCCCCCCCCCC1.